The number of Topliss-reactive ketones (excluding diaryl/α,β-unsaturated/α-hetero) is 1. The molecule has 31 heavy (non-hydrogen) atoms. The van der Waals surface area contributed by atoms with Crippen LogP contribution in [0.1, 0.15) is 52.0 Å². The van der Waals surface area contributed by atoms with E-state index in [9.17, 15) is 19.5 Å². The molecule has 4 atom stereocenters. The van der Waals surface area contributed by atoms with Gasteiger partial charge in [-0.2, -0.15) is 0 Å². The number of ketones is 1. The molecule has 7 nitrogen and oxygen atoms in total. The third-order valence-corrected chi connectivity index (χ3v) is 6.05. The van der Waals surface area contributed by atoms with E-state index in [2.05, 4.69) is 5.32 Å². The van der Waals surface area contributed by atoms with E-state index in [0.717, 1.165) is 0 Å². The summed E-state index contributed by atoms with van der Waals surface area (Å²) in [6.45, 7) is 7.33. The smallest absolute Gasteiger partial charge is 0.337 e. The first-order valence-corrected chi connectivity index (χ1v) is 10.5. The maximum absolute atomic E-state index is 13.6. The number of aromatic hydroxyl groups is 1. The Kier molecular flexibility index (Phi) is 6.53. The van der Waals surface area contributed by atoms with Gasteiger partial charge in [0.2, 0.25) is 0 Å². The van der Waals surface area contributed by atoms with Gasteiger partial charge in [0.25, 0.3) is 0 Å². The van der Waals surface area contributed by atoms with Gasteiger partial charge < -0.3 is 19.9 Å². The van der Waals surface area contributed by atoms with E-state index in [4.69, 9.17) is 9.47 Å². The van der Waals surface area contributed by atoms with Crippen LogP contribution in [0.2, 0.25) is 0 Å². The lowest BCUT2D eigenvalue weighted by Gasteiger charge is -2.38. The van der Waals surface area contributed by atoms with Crippen LogP contribution in [0.15, 0.2) is 46.8 Å². The van der Waals surface area contributed by atoms with E-state index in [1.165, 1.54) is 19.2 Å². The van der Waals surface area contributed by atoms with Crippen molar-refractivity contribution < 1.29 is 29.0 Å². The van der Waals surface area contributed by atoms with E-state index in [1.54, 1.807) is 26.0 Å². The summed E-state index contributed by atoms with van der Waals surface area (Å²) in [6.07, 6.45) is 0.816. The minimum absolute atomic E-state index is 0.0200. The van der Waals surface area contributed by atoms with Gasteiger partial charge in [-0.05, 0) is 50.3 Å². The first-order valence-electron chi connectivity index (χ1n) is 10.5. The van der Waals surface area contributed by atoms with Crippen molar-refractivity contribution in [2.75, 3.05) is 7.11 Å². The molecule has 0 radical (unpaired) electrons. The van der Waals surface area contributed by atoms with E-state index < -0.39 is 23.8 Å². The SMILES string of the molecule is CC[C@@H](C)OC(=O)C1=C(C)NC2=C(C(=O)[C@H](C(=O)OC)[C@@H](C)C2)[C@@H]1c1cccc(O)c1. The number of phenols is 1. The lowest BCUT2D eigenvalue weighted by Crippen LogP contribution is -2.43. The molecule has 3 rings (SSSR count). The predicted molar refractivity (Wildman–Crippen MR) is 114 cm³/mol. The van der Waals surface area contributed by atoms with Crippen LogP contribution in [-0.4, -0.2) is 36.0 Å². The summed E-state index contributed by atoms with van der Waals surface area (Å²) >= 11 is 0. The predicted octanol–water partition coefficient (Wildman–Crippen LogP) is 3.35. The molecule has 1 aromatic carbocycles. The Morgan fingerprint density at radius 2 is 2.03 bits per heavy atom. The quantitative estimate of drug-likeness (QED) is 0.549. The molecule has 0 fully saturated rings. The molecule has 7 heteroatoms. The number of carbonyl (C=O) groups is 3. The number of benzene rings is 1. The Bertz CT molecular complexity index is 976. The number of carbonyl (C=O) groups excluding carboxylic acids is 3. The van der Waals surface area contributed by atoms with Gasteiger partial charge in [0, 0.05) is 22.9 Å². The molecule has 0 saturated carbocycles. The van der Waals surface area contributed by atoms with Gasteiger partial charge in [-0.3, -0.25) is 9.59 Å². The van der Waals surface area contributed by atoms with Crippen molar-refractivity contribution in [1.82, 2.24) is 5.32 Å². The van der Waals surface area contributed by atoms with Gasteiger partial charge in [-0.15, -0.1) is 0 Å². The second kappa shape index (κ2) is 8.96. The Hall–Kier alpha value is -3.09. The Labute approximate surface area is 182 Å². The molecular formula is C24H29NO6. The molecule has 0 saturated heterocycles. The zero-order valence-corrected chi connectivity index (χ0v) is 18.5. The maximum atomic E-state index is 13.6. The molecule has 1 aliphatic heterocycles. The molecule has 0 spiro atoms. The summed E-state index contributed by atoms with van der Waals surface area (Å²) in [5.41, 5.74) is 2.51. The van der Waals surface area contributed by atoms with Crippen molar-refractivity contribution in [2.24, 2.45) is 11.8 Å². The summed E-state index contributed by atoms with van der Waals surface area (Å²) in [7, 11) is 1.26. The van der Waals surface area contributed by atoms with Gasteiger partial charge >= 0.3 is 11.9 Å². The summed E-state index contributed by atoms with van der Waals surface area (Å²) < 4.78 is 10.5. The second-order valence-corrected chi connectivity index (χ2v) is 8.25. The van der Waals surface area contributed by atoms with E-state index in [0.29, 0.717) is 40.9 Å². The molecule has 0 aromatic heterocycles. The molecule has 2 aliphatic rings. The number of allylic oxidation sites excluding steroid dienone is 3. The maximum Gasteiger partial charge on any atom is 0.337 e. The van der Waals surface area contributed by atoms with Crippen LogP contribution in [-0.2, 0) is 23.9 Å². The zero-order chi connectivity index (χ0) is 22.9. The van der Waals surface area contributed by atoms with Crippen LogP contribution in [0.4, 0.5) is 0 Å². The zero-order valence-electron chi connectivity index (χ0n) is 18.5. The highest BCUT2D eigenvalue weighted by Gasteiger charge is 2.47. The fraction of sp³-hybridized carbons (Fsp3) is 0.458. The van der Waals surface area contributed by atoms with Gasteiger partial charge in [-0.1, -0.05) is 26.0 Å². The number of dihydropyridines is 1. The Morgan fingerprint density at radius 3 is 2.65 bits per heavy atom. The standard InChI is InChI=1S/C24H29NO6/c1-6-13(3)31-24(29)19-14(4)25-17-10-12(2)18(23(28)30-5)22(27)21(17)20(19)15-8-7-9-16(26)11-15/h7-9,11-13,18,20,25-26H,6,10H2,1-5H3/t12-,13+,18+,20+/m0/s1. The molecule has 0 amide bonds. The van der Waals surface area contributed by atoms with Crippen molar-refractivity contribution in [3.63, 3.8) is 0 Å². The van der Waals surface area contributed by atoms with Crippen LogP contribution in [0.25, 0.3) is 0 Å². The average Bonchev–Trinajstić information content (AvgIpc) is 2.72. The lowest BCUT2D eigenvalue weighted by molar-refractivity contribution is -0.151. The van der Waals surface area contributed by atoms with Gasteiger partial charge in [0.05, 0.1) is 18.8 Å². The minimum atomic E-state index is -0.949. The Morgan fingerprint density at radius 1 is 1.32 bits per heavy atom. The van der Waals surface area contributed by atoms with Crippen LogP contribution >= 0.6 is 0 Å². The molecular weight excluding hydrogens is 398 g/mol. The van der Waals surface area contributed by atoms with E-state index in [1.807, 2.05) is 13.8 Å². The molecule has 0 unspecified atom stereocenters. The van der Waals surface area contributed by atoms with Crippen LogP contribution in [0, 0.1) is 11.8 Å². The first-order chi connectivity index (χ1) is 14.7. The fourth-order valence-corrected chi connectivity index (χ4v) is 4.32. The van der Waals surface area contributed by atoms with Crippen LogP contribution in [0.5, 0.6) is 5.75 Å². The molecule has 1 aromatic rings. The highest BCUT2D eigenvalue weighted by molar-refractivity contribution is 6.12. The first kappa shape index (κ1) is 22.6. The van der Waals surface area contributed by atoms with E-state index >= 15 is 0 Å². The summed E-state index contributed by atoms with van der Waals surface area (Å²) in [4.78, 5) is 39.1. The molecule has 1 heterocycles. The van der Waals surface area contributed by atoms with Gasteiger partial charge in [0.1, 0.15) is 11.7 Å². The third kappa shape index (κ3) is 4.22. The molecule has 2 N–H and O–H groups in total. The monoisotopic (exact) mass is 427 g/mol. The number of ether oxygens (including phenoxy) is 2. The minimum Gasteiger partial charge on any atom is -0.508 e. The van der Waals surface area contributed by atoms with Crippen molar-refractivity contribution >= 4 is 17.7 Å². The molecule has 1 aliphatic carbocycles. The summed E-state index contributed by atoms with van der Waals surface area (Å²) in [6, 6.07) is 6.47. The number of nitrogens with one attached hydrogen (secondary N) is 1. The van der Waals surface area contributed by atoms with Crippen molar-refractivity contribution in [3.8, 4) is 5.75 Å². The highest BCUT2D eigenvalue weighted by atomic mass is 16.5. The van der Waals surface area contributed by atoms with Crippen LogP contribution in [0.3, 0.4) is 0 Å². The normalized spacial score (nSPS) is 24.3. The number of esters is 2. The fourth-order valence-electron chi connectivity index (χ4n) is 4.32. The molecule has 0 bridgehead atoms. The van der Waals surface area contributed by atoms with Crippen molar-refractivity contribution in [2.45, 2.75) is 52.6 Å². The lowest BCUT2D eigenvalue weighted by atomic mass is 9.69. The van der Waals surface area contributed by atoms with E-state index in [-0.39, 0.29) is 23.6 Å². The summed E-state index contributed by atoms with van der Waals surface area (Å²) in [5.74, 6) is -3.43. The topological polar surface area (TPSA) is 102 Å². The van der Waals surface area contributed by atoms with Gasteiger partial charge in [0.15, 0.2) is 5.78 Å². The van der Waals surface area contributed by atoms with Crippen molar-refractivity contribution in [1.29, 1.82) is 0 Å². The number of rotatable bonds is 5. The number of hydrogen-bond donors (Lipinski definition) is 2. The van der Waals surface area contributed by atoms with Crippen LogP contribution < -0.4 is 5.32 Å². The third-order valence-electron chi connectivity index (χ3n) is 6.05. The van der Waals surface area contributed by atoms with Gasteiger partial charge in [-0.25, -0.2) is 4.79 Å². The highest BCUT2D eigenvalue weighted by Crippen LogP contribution is 2.46. The number of hydrogen-bond acceptors (Lipinski definition) is 7. The van der Waals surface area contributed by atoms with Crippen molar-refractivity contribution in [3.05, 3.63) is 52.4 Å². The second-order valence-electron chi connectivity index (χ2n) is 8.25. The average molecular weight is 427 g/mol. The summed E-state index contributed by atoms with van der Waals surface area (Å²) in [5, 5.41) is 13.3. The largest absolute Gasteiger partial charge is 0.508 e. The number of methoxy groups -OCH3 is 1. The molecule has 166 valence electrons. The number of phenolic OH excluding ortho intramolecular Hbond substituents is 1. The Balaban J connectivity index is 2.17.